The van der Waals surface area contributed by atoms with Gasteiger partial charge in [0.2, 0.25) is 0 Å². The van der Waals surface area contributed by atoms with Gasteiger partial charge in [0.05, 0.1) is 13.2 Å². The Labute approximate surface area is 137 Å². The van der Waals surface area contributed by atoms with Crippen LogP contribution in [-0.4, -0.2) is 13.2 Å². The van der Waals surface area contributed by atoms with Crippen LogP contribution in [0.3, 0.4) is 0 Å². The fourth-order valence-electron chi connectivity index (χ4n) is 2.29. The molecular formula is C18H25NO2S. The van der Waals surface area contributed by atoms with Gasteiger partial charge in [-0.25, -0.2) is 0 Å². The molecule has 0 bridgehead atoms. The number of nitrogens with one attached hydrogen (secondary N) is 1. The molecule has 0 amide bonds. The molecule has 1 atom stereocenters. The Morgan fingerprint density at radius 3 is 2.45 bits per heavy atom. The van der Waals surface area contributed by atoms with Crippen molar-refractivity contribution in [2.45, 2.75) is 40.3 Å². The SMILES string of the molecule is CCOc1ccc(C(C)NCc2sccc2C)cc1OCC. The molecule has 0 saturated heterocycles. The van der Waals surface area contributed by atoms with Crippen molar-refractivity contribution >= 4 is 11.3 Å². The van der Waals surface area contributed by atoms with E-state index in [9.17, 15) is 0 Å². The minimum Gasteiger partial charge on any atom is -0.490 e. The van der Waals surface area contributed by atoms with Crippen LogP contribution in [0.2, 0.25) is 0 Å². The molecule has 2 aromatic rings. The van der Waals surface area contributed by atoms with E-state index in [2.05, 4.69) is 42.7 Å². The maximum Gasteiger partial charge on any atom is 0.161 e. The molecule has 0 radical (unpaired) electrons. The van der Waals surface area contributed by atoms with Crippen LogP contribution in [0.25, 0.3) is 0 Å². The van der Waals surface area contributed by atoms with E-state index in [1.165, 1.54) is 16.0 Å². The van der Waals surface area contributed by atoms with Crippen LogP contribution in [-0.2, 0) is 6.54 Å². The van der Waals surface area contributed by atoms with Crippen molar-refractivity contribution in [3.8, 4) is 11.5 Å². The molecule has 120 valence electrons. The van der Waals surface area contributed by atoms with E-state index >= 15 is 0 Å². The molecule has 22 heavy (non-hydrogen) atoms. The Balaban J connectivity index is 2.06. The lowest BCUT2D eigenvalue weighted by atomic mass is 10.1. The maximum atomic E-state index is 5.70. The number of hydrogen-bond donors (Lipinski definition) is 1. The van der Waals surface area contributed by atoms with Gasteiger partial charge in [0.1, 0.15) is 0 Å². The van der Waals surface area contributed by atoms with E-state index in [-0.39, 0.29) is 6.04 Å². The summed E-state index contributed by atoms with van der Waals surface area (Å²) in [6, 6.07) is 8.60. The topological polar surface area (TPSA) is 30.5 Å². The Hall–Kier alpha value is -1.52. The molecule has 1 aromatic heterocycles. The summed E-state index contributed by atoms with van der Waals surface area (Å²) in [6.07, 6.45) is 0. The summed E-state index contributed by atoms with van der Waals surface area (Å²) in [5.41, 5.74) is 2.56. The van der Waals surface area contributed by atoms with Gasteiger partial charge in [-0.1, -0.05) is 6.07 Å². The molecule has 1 heterocycles. The van der Waals surface area contributed by atoms with Crippen molar-refractivity contribution in [2.75, 3.05) is 13.2 Å². The van der Waals surface area contributed by atoms with Gasteiger partial charge in [-0.3, -0.25) is 0 Å². The highest BCUT2D eigenvalue weighted by molar-refractivity contribution is 7.10. The monoisotopic (exact) mass is 319 g/mol. The van der Waals surface area contributed by atoms with Gasteiger partial charge in [0, 0.05) is 17.5 Å². The molecule has 1 aromatic carbocycles. The predicted molar refractivity (Wildman–Crippen MR) is 93.1 cm³/mol. The zero-order valence-electron chi connectivity index (χ0n) is 13.8. The summed E-state index contributed by atoms with van der Waals surface area (Å²) < 4.78 is 11.3. The van der Waals surface area contributed by atoms with Gasteiger partial charge in [-0.15, -0.1) is 11.3 Å². The van der Waals surface area contributed by atoms with Crippen molar-refractivity contribution in [2.24, 2.45) is 0 Å². The molecule has 0 aliphatic rings. The Morgan fingerprint density at radius 1 is 1.09 bits per heavy atom. The third-order valence-electron chi connectivity index (χ3n) is 3.60. The van der Waals surface area contributed by atoms with Gasteiger partial charge >= 0.3 is 0 Å². The molecule has 4 heteroatoms. The van der Waals surface area contributed by atoms with Gasteiger partial charge < -0.3 is 14.8 Å². The summed E-state index contributed by atoms with van der Waals surface area (Å²) in [5.74, 6) is 1.64. The quantitative estimate of drug-likeness (QED) is 0.764. The van der Waals surface area contributed by atoms with Gasteiger partial charge in [0.15, 0.2) is 11.5 Å². The van der Waals surface area contributed by atoms with Gasteiger partial charge in [-0.2, -0.15) is 0 Å². The summed E-state index contributed by atoms with van der Waals surface area (Å²) >= 11 is 1.80. The molecule has 3 nitrogen and oxygen atoms in total. The molecular weight excluding hydrogens is 294 g/mol. The fourth-order valence-corrected chi connectivity index (χ4v) is 3.14. The third kappa shape index (κ3) is 4.24. The first kappa shape index (κ1) is 16.8. The molecule has 0 aliphatic carbocycles. The summed E-state index contributed by atoms with van der Waals surface area (Å²) in [7, 11) is 0. The molecule has 0 saturated carbocycles. The predicted octanol–water partition coefficient (Wildman–Crippen LogP) is 4.70. The van der Waals surface area contributed by atoms with E-state index < -0.39 is 0 Å². The molecule has 1 N–H and O–H groups in total. The van der Waals surface area contributed by atoms with Crippen molar-refractivity contribution in [1.29, 1.82) is 0 Å². The zero-order chi connectivity index (χ0) is 15.9. The molecule has 0 spiro atoms. The molecule has 0 fully saturated rings. The van der Waals surface area contributed by atoms with E-state index in [0.29, 0.717) is 13.2 Å². The van der Waals surface area contributed by atoms with Gasteiger partial charge in [0.25, 0.3) is 0 Å². The third-order valence-corrected chi connectivity index (χ3v) is 4.63. The molecule has 2 rings (SSSR count). The fraction of sp³-hybridized carbons (Fsp3) is 0.444. The first-order valence-electron chi connectivity index (χ1n) is 7.81. The second-order valence-electron chi connectivity index (χ2n) is 5.20. The number of aryl methyl sites for hydroxylation is 1. The van der Waals surface area contributed by atoms with Crippen molar-refractivity contribution in [3.05, 3.63) is 45.6 Å². The van der Waals surface area contributed by atoms with Crippen LogP contribution in [0.4, 0.5) is 0 Å². The lowest BCUT2D eigenvalue weighted by molar-refractivity contribution is 0.287. The van der Waals surface area contributed by atoms with Crippen molar-refractivity contribution < 1.29 is 9.47 Å². The zero-order valence-corrected chi connectivity index (χ0v) is 14.6. The first-order chi connectivity index (χ1) is 10.7. The maximum absolute atomic E-state index is 5.70. The normalized spacial score (nSPS) is 12.2. The van der Waals surface area contributed by atoms with Crippen molar-refractivity contribution in [1.82, 2.24) is 5.32 Å². The van der Waals surface area contributed by atoms with Crippen LogP contribution in [0.5, 0.6) is 11.5 Å². The first-order valence-corrected chi connectivity index (χ1v) is 8.69. The Bertz CT molecular complexity index is 595. The van der Waals surface area contributed by atoms with Crippen LogP contribution >= 0.6 is 11.3 Å². The highest BCUT2D eigenvalue weighted by atomic mass is 32.1. The van der Waals surface area contributed by atoms with E-state index in [1.54, 1.807) is 11.3 Å². The minimum atomic E-state index is 0.261. The highest BCUT2D eigenvalue weighted by Crippen LogP contribution is 2.31. The number of thiophene rings is 1. The summed E-state index contributed by atoms with van der Waals surface area (Å²) in [4.78, 5) is 1.39. The number of benzene rings is 1. The Morgan fingerprint density at radius 2 is 1.82 bits per heavy atom. The lowest BCUT2D eigenvalue weighted by Crippen LogP contribution is -2.18. The van der Waals surface area contributed by atoms with Crippen LogP contribution in [0.1, 0.15) is 42.8 Å². The largest absolute Gasteiger partial charge is 0.490 e. The summed E-state index contributed by atoms with van der Waals surface area (Å²) in [5, 5.41) is 5.72. The average Bonchev–Trinajstić information content (AvgIpc) is 2.92. The second kappa shape index (κ2) is 8.20. The number of ether oxygens (including phenoxy) is 2. The lowest BCUT2D eigenvalue weighted by Gasteiger charge is -2.17. The number of rotatable bonds is 8. The number of hydrogen-bond acceptors (Lipinski definition) is 4. The Kier molecular flexibility index (Phi) is 6.28. The smallest absolute Gasteiger partial charge is 0.161 e. The second-order valence-corrected chi connectivity index (χ2v) is 6.20. The molecule has 1 unspecified atom stereocenters. The standard InChI is InChI=1S/C18H25NO2S/c1-5-20-16-8-7-15(11-17(16)21-6-2)14(4)19-12-18-13(3)9-10-22-18/h7-11,14,19H,5-6,12H2,1-4H3. The van der Waals surface area contributed by atoms with Crippen LogP contribution in [0.15, 0.2) is 29.6 Å². The highest BCUT2D eigenvalue weighted by Gasteiger charge is 2.11. The average molecular weight is 319 g/mol. The van der Waals surface area contributed by atoms with Crippen LogP contribution < -0.4 is 14.8 Å². The van der Waals surface area contributed by atoms with Gasteiger partial charge in [-0.05, 0) is 62.4 Å². The minimum absolute atomic E-state index is 0.261. The van der Waals surface area contributed by atoms with E-state index in [0.717, 1.165) is 18.0 Å². The van der Waals surface area contributed by atoms with Crippen LogP contribution in [0, 0.1) is 6.92 Å². The van der Waals surface area contributed by atoms with E-state index in [1.807, 2.05) is 19.9 Å². The summed E-state index contributed by atoms with van der Waals surface area (Å²) in [6.45, 7) is 10.5. The molecule has 0 aliphatic heterocycles. The van der Waals surface area contributed by atoms with Crippen molar-refractivity contribution in [3.63, 3.8) is 0 Å². The van der Waals surface area contributed by atoms with E-state index in [4.69, 9.17) is 9.47 Å².